The molecule has 2 aromatic rings. The quantitative estimate of drug-likeness (QED) is 0.351. The molecule has 38 heavy (non-hydrogen) atoms. The molecule has 2 atom stereocenters. The Labute approximate surface area is 222 Å². The lowest BCUT2D eigenvalue weighted by atomic mass is 10.0. The minimum atomic E-state index is -0.734. The van der Waals surface area contributed by atoms with E-state index in [1.54, 1.807) is 12.0 Å². The second-order valence-corrected chi connectivity index (χ2v) is 9.03. The summed E-state index contributed by atoms with van der Waals surface area (Å²) in [6.45, 7) is 4.95. The molecule has 3 N–H and O–H groups in total. The highest BCUT2D eigenvalue weighted by atomic mass is 16.7. The lowest BCUT2D eigenvalue weighted by molar-refractivity contribution is -0.109. The summed E-state index contributed by atoms with van der Waals surface area (Å²) in [5.74, 6) is 1.06. The number of aromatic nitrogens is 2. The Morgan fingerprint density at radius 3 is 2.68 bits per heavy atom. The number of aryl methyl sites for hydroxylation is 1. The van der Waals surface area contributed by atoms with Crippen LogP contribution in [-0.2, 0) is 27.2 Å². The Balaban J connectivity index is 1.89. The molecule has 3 rings (SSSR count). The summed E-state index contributed by atoms with van der Waals surface area (Å²) in [6.07, 6.45) is 1.84. The van der Waals surface area contributed by atoms with Crippen LogP contribution in [0.25, 0.3) is 0 Å². The molecule has 0 saturated carbocycles. The number of nitrogens with one attached hydrogen (secondary N) is 2. The number of ether oxygens (including phenoxy) is 4. The summed E-state index contributed by atoms with van der Waals surface area (Å²) in [5, 5.41) is 24.9. The van der Waals surface area contributed by atoms with Gasteiger partial charge in [0.2, 0.25) is 6.29 Å². The van der Waals surface area contributed by atoms with E-state index in [1.165, 1.54) is 26.5 Å². The number of amides is 2. The van der Waals surface area contributed by atoms with E-state index in [0.717, 1.165) is 24.0 Å². The molecular weight excluding hydrogens is 492 g/mol. The van der Waals surface area contributed by atoms with Gasteiger partial charge in [0.15, 0.2) is 0 Å². The van der Waals surface area contributed by atoms with Crippen molar-refractivity contribution in [2.24, 2.45) is 0 Å². The molecule has 2 aromatic heterocycles. The second kappa shape index (κ2) is 14.0. The van der Waals surface area contributed by atoms with Gasteiger partial charge in [0.1, 0.15) is 40.8 Å². The first-order valence-electron chi connectivity index (χ1n) is 12.4. The van der Waals surface area contributed by atoms with Gasteiger partial charge in [-0.1, -0.05) is 0 Å². The van der Waals surface area contributed by atoms with Gasteiger partial charge < -0.3 is 29.4 Å². The van der Waals surface area contributed by atoms with Crippen molar-refractivity contribution >= 4 is 17.7 Å². The number of aliphatic hydroxyl groups is 1. The molecular formula is C26H36N6O6. The minimum Gasteiger partial charge on any atom is -0.487 e. The lowest BCUT2D eigenvalue weighted by Gasteiger charge is -2.30. The molecule has 206 valence electrons. The van der Waals surface area contributed by atoms with Gasteiger partial charge >= 0.3 is 6.03 Å². The van der Waals surface area contributed by atoms with Gasteiger partial charge in [-0.05, 0) is 43.9 Å². The summed E-state index contributed by atoms with van der Waals surface area (Å²) in [6, 6.07) is 5.06. The number of aliphatic hydroxyl groups excluding tert-OH is 1. The molecule has 12 nitrogen and oxygen atoms in total. The fraction of sp³-hybridized carbons (Fsp3) is 0.538. The van der Waals surface area contributed by atoms with E-state index in [-0.39, 0.29) is 30.1 Å². The fourth-order valence-electron chi connectivity index (χ4n) is 4.12. The van der Waals surface area contributed by atoms with E-state index < -0.39 is 12.3 Å². The Hall–Kier alpha value is -3.34. The van der Waals surface area contributed by atoms with Crippen LogP contribution in [0, 0.1) is 11.3 Å². The van der Waals surface area contributed by atoms with E-state index in [4.69, 9.17) is 23.9 Å². The number of fused-ring (bicyclic) bond motifs is 1. The standard InChI is InChI=1S/C26H36N6O6/c1-16(14-33)28-12-19-9-18-7-6-8-32(24(18)31-23(19)25(36-4)37-5)26(34)30-22-10-21(20(11-27)13-29-22)38-17(2)15-35-3/h9-10,13,16-17,25,28,33H,6-8,12,14-15H2,1-5H3,(H,29,30,34). The number of hydrogen-bond acceptors (Lipinski definition) is 10. The summed E-state index contributed by atoms with van der Waals surface area (Å²) in [4.78, 5) is 24.0. The third kappa shape index (κ3) is 7.15. The molecule has 0 bridgehead atoms. The van der Waals surface area contributed by atoms with Crippen molar-refractivity contribution in [1.82, 2.24) is 15.3 Å². The van der Waals surface area contributed by atoms with E-state index in [9.17, 15) is 15.2 Å². The molecule has 0 aliphatic carbocycles. The van der Waals surface area contributed by atoms with Crippen molar-refractivity contribution in [3.63, 3.8) is 0 Å². The lowest BCUT2D eigenvalue weighted by Crippen LogP contribution is -2.40. The number of rotatable bonds is 12. The molecule has 0 fully saturated rings. The number of nitrogens with zero attached hydrogens (tertiary/aromatic N) is 4. The molecule has 2 unspecified atom stereocenters. The Kier molecular flexibility index (Phi) is 10.8. The van der Waals surface area contributed by atoms with Gasteiger partial charge in [0.05, 0.1) is 19.4 Å². The average molecular weight is 529 g/mol. The van der Waals surface area contributed by atoms with Crippen molar-refractivity contribution in [3.8, 4) is 11.8 Å². The molecule has 12 heteroatoms. The Morgan fingerprint density at radius 2 is 2.03 bits per heavy atom. The monoisotopic (exact) mass is 528 g/mol. The van der Waals surface area contributed by atoms with Crippen molar-refractivity contribution in [3.05, 3.63) is 40.7 Å². The van der Waals surface area contributed by atoms with E-state index >= 15 is 0 Å². The van der Waals surface area contributed by atoms with Crippen molar-refractivity contribution in [2.75, 3.05) is 51.3 Å². The van der Waals surface area contributed by atoms with Crippen LogP contribution in [0.5, 0.6) is 5.75 Å². The van der Waals surface area contributed by atoms with Gasteiger partial charge in [-0.25, -0.2) is 14.8 Å². The van der Waals surface area contributed by atoms with Crippen LogP contribution in [-0.4, -0.2) is 74.3 Å². The van der Waals surface area contributed by atoms with E-state index in [2.05, 4.69) is 15.6 Å². The molecule has 0 saturated heterocycles. The molecule has 0 radical (unpaired) electrons. The molecule has 1 aliphatic rings. The SMILES string of the molecule is COCC(C)Oc1cc(NC(=O)N2CCCc3cc(CNC(C)CO)c(C(OC)OC)nc32)ncc1C#N. The number of methoxy groups -OCH3 is 3. The largest absolute Gasteiger partial charge is 0.487 e. The predicted molar refractivity (Wildman–Crippen MR) is 140 cm³/mol. The molecule has 0 spiro atoms. The summed E-state index contributed by atoms with van der Waals surface area (Å²) < 4.78 is 21.9. The normalized spacial score (nSPS) is 14.5. The zero-order valence-corrected chi connectivity index (χ0v) is 22.5. The number of pyridine rings is 2. The maximum absolute atomic E-state index is 13.4. The average Bonchev–Trinajstić information content (AvgIpc) is 2.92. The Morgan fingerprint density at radius 1 is 1.26 bits per heavy atom. The van der Waals surface area contributed by atoms with E-state index in [1.807, 2.05) is 26.0 Å². The number of anilines is 2. The molecule has 0 aromatic carbocycles. The fourth-order valence-corrected chi connectivity index (χ4v) is 4.12. The van der Waals surface area contributed by atoms with Crippen LogP contribution >= 0.6 is 0 Å². The maximum atomic E-state index is 13.4. The van der Waals surface area contributed by atoms with Gasteiger partial charge in [-0.3, -0.25) is 10.2 Å². The number of carbonyl (C=O) groups is 1. The molecule has 3 heterocycles. The van der Waals surface area contributed by atoms with E-state index in [0.29, 0.717) is 37.0 Å². The topological polar surface area (TPSA) is 151 Å². The van der Waals surface area contributed by atoms with Crippen molar-refractivity contribution in [2.45, 2.75) is 51.7 Å². The predicted octanol–water partition coefficient (Wildman–Crippen LogP) is 2.51. The van der Waals surface area contributed by atoms with Crippen LogP contribution in [0.1, 0.15) is 48.9 Å². The third-order valence-corrected chi connectivity index (χ3v) is 6.04. The van der Waals surface area contributed by atoms with Crippen LogP contribution < -0.4 is 20.3 Å². The third-order valence-electron chi connectivity index (χ3n) is 6.04. The van der Waals surface area contributed by atoms with Gasteiger partial charge in [-0.2, -0.15) is 5.26 Å². The number of nitriles is 1. The number of urea groups is 1. The highest BCUT2D eigenvalue weighted by molar-refractivity contribution is 6.01. The zero-order chi connectivity index (χ0) is 27.7. The summed E-state index contributed by atoms with van der Waals surface area (Å²) in [5.41, 5.74) is 2.58. The minimum absolute atomic E-state index is 0.00106. The second-order valence-electron chi connectivity index (χ2n) is 9.03. The first kappa shape index (κ1) is 29.2. The first-order valence-corrected chi connectivity index (χ1v) is 12.4. The zero-order valence-electron chi connectivity index (χ0n) is 22.5. The molecule has 1 aliphatic heterocycles. The van der Waals surface area contributed by atoms with Gasteiger partial charge in [0.25, 0.3) is 0 Å². The smallest absolute Gasteiger partial charge is 0.328 e. The molecule has 2 amide bonds. The maximum Gasteiger partial charge on any atom is 0.328 e. The van der Waals surface area contributed by atoms with Crippen molar-refractivity contribution < 1.29 is 28.8 Å². The summed E-state index contributed by atoms with van der Waals surface area (Å²) in [7, 11) is 4.61. The summed E-state index contributed by atoms with van der Waals surface area (Å²) >= 11 is 0. The van der Waals surface area contributed by atoms with Gasteiger partial charge in [0, 0.05) is 46.5 Å². The van der Waals surface area contributed by atoms with Crippen LogP contribution in [0.15, 0.2) is 18.3 Å². The first-order chi connectivity index (χ1) is 18.3. The van der Waals surface area contributed by atoms with Crippen LogP contribution in [0.3, 0.4) is 0 Å². The van der Waals surface area contributed by atoms with Crippen LogP contribution in [0.2, 0.25) is 0 Å². The van der Waals surface area contributed by atoms with Gasteiger partial charge in [-0.15, -0.1) is 0 Å². The highest BCUT2D eigenvalue weighted by Crippen LogP contribution is 2.32. The highest BCUT2D eigenvalue weighted by Gasteiger charge is 2.28. The number of hydrogen-bond donors (Lipinski definition) is 3. The number of carbonyl (C=O) groups excluding carboxylic acids is 1. The Bertz CT molecular complexity index is 1140. The van der Waals surface area contributed by atoms with Crippen molar-refractivity contribution in [1.29, 1.82) is 5.26 Å². The van der Waals surface area contributed by atoms with Crippen LogP contribution in [0.4, 0.5) is 16.4 Å².